The van der Waals surface area contributed by atoms with E-state index in [-0.39, 0.29) is 6.04 Å². The summed E-state index contributed by atoms with van der Waals surface area (Å²) in [7, 11) is 0. The van der Waals surface area contributed by atoms with Crippen LogP contribution in [0.5, 0.6) is 0 Å². The molecule has 0 aromatic heterocycles. The summed E-state index contributed by atoms with van der Waals surface area (Å²) in [5.74, 6) is -6.43. The van der Waals surface area contributed by atoms with Gasteiger partial charge in [-0.1, -0.05) is 19.3 Å². The third-order valence-corrected chi connectivity index (χ3v) is 2.52. The van der Waals surface area contributed by atoms with E-state index in [0.29, 0.717) is 12.8 Å². The van der Waals surface area contributed by atoms with Crippen LogP contribution in [0.4, 0.5) is 17.6 Å². The molecule has 0 aromatic carbocycles. The number of halogens is 4. The average molecular weight is 227 g/mol. The smallest absolute Gasteiger partial charge is 0.348 e. The highest BCUT2D eigenvalue weighted by atomic mass is 19.3. The lowest BCUT2D eigenvalue weighted by Gasteiger charge is -2.24. The summed E-state index contributed by atoms with van der Waals surface area (Å²) in [6, 6.07) is -0.379. The van der Waals surface area contributed by atoms with Gasteiger partial charge in [0.15, 0.2) is 0 Å². The van der Waals surface area contributed by atoms with Crippen molar-refractivity contribution in [2.75, 3.05) is 0 Å². The van der Waals surface area contributed by atoms with Gasteiger partial charge in [0, 0.05) is 6.04 Å². The van der Waals surface area contributed by atoms with E-state index < -0.39 is 18.3 Å². The SMILES string of the molecule is O=C(NC1CCCCC1)C(F)(F)C(F)F. The predicted molar refractivity (Wildman–Crippen MR) is 46.0 cm³/mol. The van der Waals surface area contributed by atoms with Crippen molar-refractivity contribution in [2.45, 2.75) is 50.5 Å². The quantitative estimate of drug-likeness (QED) is 0.736. The van der Waals surface area contributed by atoms with E-state index in [4.69, 9.17) is 0 Å². The fraction of sp³-hybridized carbons (Fsp3) is 0.889. The summed E-state index contributed by atoms with van der Waals surface area (Å²) < 4.78 is 48.7. The van der Waals surface area contributed by atoms with Gasteiger partial charge in [-0.3, -0.25) is 4.79 Å². The molecule has 0 aromatic rings. The van der Waals surface area contributed by atoms with Crippen molar-refractivity contribution in [1.82, 2.24) is 5.32 Å². The lowest BCUT2D eigenvalue weighted by molar-refractivity contribution is -0.170. The number of alkyl halides is 4. The Morgan fingerprint density at radius 2 is 1.73 bits per heavy atom. The lowest BCUT2D eigenvalue weighted by Crippen LogP contribution is -2.49. The standard InChI is InChI=1S/C9H13F4NO/c10-7(11)9(12,13)8(15)14-6-4-2-1-3-5-6/h6-7H,1-5H2,(H,14,15). The number of hydrogen-bond donors (Lipinski definition) is 1. The summed E-state index contributed by atoms with van der Waals surface area (Å²) in [6.07, 6.45) is -0.0921. The van der Waals surface area contributed by atoms with Crippen LogP contribution in [0.2, 0.25) is 0 Å². The Morgan fingerprint density at radius 1 is 1.20 bits per heavy atom. The molecule has 1 amide bonds. The Bertz CT molecular complexity index is 226. The van der Waals surface area contributed by atoms with Crippen molar-refractivity contribution in [3.63, 3.8) is 0 Å². The first-order chi connectivity index (χ1) is 6.94. The zero-order valence-corrected chi connectivity index (χ0v) is 8.11. The number of carbonyl (C=O) groups is 1. The molecule has 0 unspecified atom stereocenters. The Labute approximate surface area is 85.0 Å². The van der Waals surface area contributed by atoms with E-state index in [2.05, 4.69) is 0 Å². The number of rotatable bonds is 3. The molecule has 1 N–H and O–H groups in total. The molecule has 88 valence electrons. The molecule has 0 saturated heterocycles. The third kappa shape index (κ3) is 3.07. The molecule has 0 spiro atoms. The van der Waals surface area contributed by atoms with Crippen molar-refractivity contribution < 1.29 is 22.4 Å². The Hall–Kier alpha value is -0.810. The molecular formula is C9H13F4NO. The van der Waals surface area contributed by atoms with Gasteiger partial charge >= 0.3 is 12.3 Å². The minimum Gasteiger partial charge on any atom is -0.348 e. The van der Waals surface area contributed by atoms with Crippen LogP contribution < -0.4 is 5.32 Å². The zero-order chi connectivity index (χ0) is 11.5. The van der Waals surface area contributed by atoms with Gasteiger partial charge in [0.1, 0.15) is 0 Å². The maximum Gasteiger partial charge on any atom is 0.383 e. The van der Waals surface area contributed by atoms with E-state index in [1.807, 2.05) is 5.32 Å². The molecule has 0 radical (unpaired) electrons. The van der Waals surface area contributed by atoms with E-state index in [1.165, 1.54) is 0 Å². The largest absolute Gasteiger partial charge is 0.383 e. The van der Waals surface area contributed by atoms with Crippen molar-refractivity contribution in [3.8, 4) is 0 Å². The molecule has 1 aliphatic rings. The van der Waals surface area contributed by atoms with E-state index in [1.54, 1.807) is 0 Å². The lowest BCUT2D eigenvalue weighted by atomic mass is 9.95. The topological polar surface area (TPSA) is 29.1 Å². The van der Waals surface area contributed by atoms with Gasteiger partial charge in [-0.2, -0.15) is 8.78 Å². The van der Waals surface area contributed by atoms with E-state index in [9.17, 15) is 22.4 Å². The summed E-state index contributed by atoms with van der Waals surface area (Å²) >= 11 is 0. The first-order valence-corrected chi connectivity index (χ1v) is 4.91. The second-order valence-electron chi connectivity index (χ2n) is 3.73. The summed E-state index contributed by atoms with van der Waals surface area (Å²) in [5.41, 5.74) is 0. The van der Waals surface area contributed by atoms with Gasteiger partial charge in [-0.05, 0) is 12.8 Å². The zero-order valence-electron chi connectivity index (χ0n) is 8.11. The number of carbonyl (C=O) groups excluding carboxylic acids is 1. The van der Waals surface area contributed by atoms with Crippen LogP contribution in [-0.4, -0.2) is 24.3 Å². The fourth-order valence-corrected chi connectivity index (χ4v) is 1.63. The highest BCUT2D eigenvalue weighted by molar-refractivity contribution is 5.84. The predicted octanol–water partition coefficient (Wildman–Crippen LogP) is 2.34. The van der Waals surface area contributed by atoms with Gasteiger partial charge in [0.05, 0.1) is 0 Å². The molecular weight excluding hydrogens is 214 g/mol. The second-order valence-corrected chi connectivity index (χ2v) is 3.73. The highest BCUT2D eigenvalue weighted by Crippen LogP contribution is 2.24. The molecule has 2 nitrogen and oxygen atoms in total. The molecule has 1 rings (SSSR count). The highest BCUT2D eigenvalue weighted by Gasteiger charge is 2.49. The van der Waals surface area contributed by atoms with Crippen LogP contribution in [0, 0.1) is 0 Å². The Balaban J connectivity index is 2.46. The van der Waals surface area contributed by atoms with E-state index >= 15 is 0 Å². The van der Waals surface area contributed by atoms with Gasteiger partial charge < -0.3 is 5.32 Å². The first-order valence-electron chi connectivity index (χ1n) is 4.91. The minimum atomic E-state index is -4.57. The van der Waals surface area contributed by atoms with Gasteiger partial charge in [-0.25, -0.2) is 8.78 Å². The fourth-order valence-electron chi connectivity index (χ4n) is 1.63. The molecule has 0 bridgehead atoms. The molecule has 1 saturated carbocycles. The maximum absolute atomic E-state index is 12.5. The third-order valence-electron chi connectivity index (χ3n) is 2.52. The summed E-state index contributed by atoms with van der Waals surface area (Å²) in [5, 5.41) is 1.97. The molecule has 6 heteroatoms. The monoisotopic (exact) mass is 227 g/mol. The van der Waals surface area contributed by atoms with Crippen LogP contribution in [0.25, 0.3) is 0 Å². The first kappa shape index (κ1) is 12.3. The Kier molecular flexibility index (Phi) is 3.93. The molecule has 0 atom stereocenters. The maximum atomic E-state index is 12.5. The van der Waals surface area contributed by atoms with Gasteiger partial charge in [-0.15, -0.1) is 0 Å². The van der Waals surface area contributed by atoms with Gasteiger partial charge in [0.2, 0.25) is 0 Å². The van der Waals surface area contributed by atoms with Crippen LogP contribution in [0.3, 0.4) is 0 Å². The normalized spacial score (nSPS) is 19.3. The summed E-state index contributed by atoms with van der Waals surface area (Å²) in [6.45, 7) is 0. The van der Waals surface area contributed by atoms with Crippen molar-refractivity contribution in [3.05, 3.63) is 0 Å². The molecule has 0 heterocycles. The number of amides is 1. The van der Waals surface area contributed by atoms with Crippen LogP contribution in [0.1, 0.15) is 32.1 Å². The molecule has 0 aliphatic heterocycles. The number of hydrogen-bond acceptors (Lipinski definition) is 1. The van der Waals surface area contributed by atoms with Crippen molar-refractivity contribution >= 4 is 5.91 Å². The van der Waals surface area contributed by atoms with Crippen LogP contribution in [-0.2, 0) is 4.79 Å². The Morgan fingerprint density at radius 3 is 2.20 bits per heavy atom. The van der Waals surface area contributed by atoms with E-state index in [0.717, 1.165) is 19.3 Å². The molecule has 1 fully saturated rings. The van der Waals surface area contributed by atoms with Crippen molar-refractivity contribution in [1.29, 1.82) is 0 Å². The molecule has 15 heavy (non-hydrogen) atoms. The number of nitrogens with one attached hydrogen (secondary N) is 1. The second kappa shape index (κ2) is 4.81. The molecule has 1 aliphatic carbocycles. The average Bonchev–Trinajstić information content (AvgIpc) is 2.18. The minimum absolute atomic E-state index is 0.379. The van der Waals surface area contributed by atoms with Gasteiger partial charge in [0.25, 0.3) is 5.91 Å². The van der Waals surface area contributed by atoms with Crippen LogP contribution in [0.15, 0.2) is 0 Å². The van der Waals surface area contributed by atoms with Crippen LogP contribution >= 0.6 is 0 Å². The summed E-state index contributed by atoms with van der Waals surface area (Å²) in [4.78, 5) is 10.8. The van der Waals surface area contributed by atoms with Crippen molar-refractivity contribution in [2.24, 2.45) is 0 Å².